The zero-order chi connectivity index (χ0) is 12.6. The van der Waals surface area contributed by atoms with Crippen LogP contribution in [0.3, 0.4) is 0 Å². The lowest BCUT2D eigenvalue weighted by Crippen LogP contribution is -2.33. The maximum absolute atomic E-state index is 7.45. The number of benzene rings is 1. The molecular weight excluding hydrogens is 172 g/mol. The number of para-hydroxylation sites is 1. The molecule has 2 heteroatoms. The van der Waals surface area contributed by atoms with Crippen LogP contribution < -0.4 is 4.90 Å². The quantitative estimate of drug-likeness (QED) is 0.673. The molecule has 0 radical (unpaired) electrons. The summed E-state index contributed by atoms with van der Waals surface area (Å²) >= 11 is 0. The highest BCUT2D eigenvalue weighted by atomic mass is 15.4. The first-order valence-corrected chi connectivity index (χ1v) is 4.72. The topological polar surface area (TPSA) is 6.48 Å². The Morgan fingerprint density at radius 2 is 2.07 bits per heavy atom. The molecule has 1 aliphatic rings. The summed E-state index contributed by atoms with van der Waals surface area (Å²) in [4.78, 5) is 3.36. The molecule has 2 rings (SSSR count). The van der Waals surface area contributed by atoms with Crippen LogP contribution in [0.1, 0.15) is 16.6 Å². The molecule has 0 N–H and O–H groups in total. The largest absolute Gasteiger partial charge is 0.359 e. The fourth-order valence-electron chi connectivity index (χ4n) is 1.66. The van der Waals surface area contributed by atoms with E-state index in [1.54, 1.807) is 6.20 Å². The summed E-state index contributed by atoms with van der Waals surface area (Å²) in [6.07, 6.45) is 3.26. The Hall–Kier alpha value is -1.44. The van der Waals surface area contributed by atoms with Crippen molar-refractivity contribution in [2.45, 2.75) is 20.0 Å². The normalized spacial score (nSPS) is 24.7. The molecule has 0 aliphatic carbocycles. The highest BCUT2D eigenvalue weighted by Crippen LogP contribution is 2.26. The molecule has 1 aromatic rings. The second kappa shape index (κ2) is 3.37. The van der Waals surface area contributed by atoms with Gasteiger partial charge in [-0.3, -0.25) is 0 Å². The van der Waals surface area contributed by atoms with Gasteiger partial charge in [0.25, 0.3) is 0 Å². The predicted molar refractivity (Wildman–Crippen MR) is 60.0 cm³/mol. The van der Waals surface area contributed by atoms with Crippen molar-refractivity contribution in [2.24, 2.45) is 0 Å². The number of hydrogen-bond donors (Lipinski definition) is 0. The average Bonchev–Trinajstić information content (AvgIpc) is 2.60. The molecule has 0 saturated carbocycles. The van der Waals surface area contributed by atoms with Gasteiger partial charge in [0.2, 0.25) is 0 Å². The first-order chi connectivity index (χ1) is 7.91. The molecule has 1 unspecified atom stereocenters. The van der Waals surface area contributed by atoms with Gasteiger partial charge in [0.15, 0.2) is 0 Å². The number of nitrogens with zero attached hydrogens (tertiary/aromatic N) is 2. The van der Waals surface area contributed by atoms with Gasteiger partial charge in [-0.15, -0.1) is 0 Å². The number of hydrogen-bond acceptors (Lipinski definition) is 2. The van der Waals surface area contributed by atoms with Crippen LogP contribution in [0.25, 0.3) is 0 Å². The molecule has 74 valence electrons. The maximum atomic E-state index is 7.45. The van der Waals surface area contributed by atoms with Gasteiger partial charge in [-0.25, -0.2) is 0 Å². The van der Waals surface area contributed by atoms with Crippen LogP contribution >= 0.6 is 0 Å². The van der Waals surface area contributed by atoms with E-state index in [1.165, 1.54) is 4.90 Å². The summed E-state index contributed by atoms with van der Waals surface area (Å²) in [6, 6.07) is 7.96. The summed E-state index contributed by atoms with van der Waals surface area (Å²) < 4.78 is 22.3. The van der Waals surface area contributed by atoms with Gasteiger partial charge in [-0.1, -0.05) is 18.2 Å². The minimum Gasteiger partial charge on any atom is -0.359 e. The smallest absolute Gasteiger partial charge is 0.102 e. The van der Waals surface area contributed by atoms with Crippen LogP contribution in [0.2, 0.25) is 0 Å². The Kier molecular flexibility index (Phi) is 1.47. The first kappa shape index (κ1) is 6.12. The molecule has 2 nitrogen and oxygen atoms in total. The van der Waals surface area contributed by atoms with Crippen LogP contribution in [0.4, 0.5) is 5.69 Å². The molecule has 0 bridgehead atoms. The average molecular weight is 191 g/mol. The molecule has 0 saturated heterocycles. The number of anilines is 1. The van der Waals surface area contributed by atoms with E-state index < -0.39 is 6.98 Å². The van der Waals surface area contributed by atoms with Crippen LogP contribution in [0, 0.1) is 6.92 Å². The maximum Gasteiger partial charge on any atom is 0.102 e. The van der Waals surface area contributed by atoms with Crippen molar-refractivity contribution in [1.82, 2.24) is 4.90 Å². The van der Waals surface area contributed by atoms with E-state index in [0.29, 0.717) is 0 Å². The van der Waals surface area contributed by atoms with Crippen LogP contribution in [0.15, 0.2) is 36.7 Å². The molecule has 14 heavy (non-hydrogen) atoms. The second-order valence-corrected chi connectivity index (χ2v) is 3.53. The molecule has 1 atom stereocenters. The van der Waals surface area contributed by atoms with Crippen LogP contribution in [-0.4, -0.2) is 18.0 Å². The molecule has 0 amide bonds. The van der Waals surface area contributed by atoms with Crippen molar-refractivity contribution in [3.8, 4) is 0 Å². The van der Waals surface area contributed by atoms with E-state index in [9.17, 15) is 0 Å². The van der Waals surface area contributed by atoms with E-state index in [1.807, 2.05) is 49.2 Å². The molecule has 0 aromatic heterocycles. The highest BCUT2D eigenvalue weighted by Gasteiger charge is 2.20. The predicted octanol–water partition coefficient (Wildman–Crippen LogP) is 2.56. The van der Waals surface area contributed by atoms with E-state index in [2.05, 4.69) is 0 Å². The fourth-order valence-corrected chi connectivity index (χ4v) is 1.66. The third kappa shape index (κ3) is 1.37. The van der Waals surface area contributed by atoms with Crippen molar-refractivity contribution in [3.05, 3.63) is 42.2 Å². The standard InChI is InChI=1S/C12H16N2/c1-10-6-4-5-7-12(10)14-9-8-13(3)11(14)2/h4-9,11H,1-3H3/i3D3. The van der Waals surface area contributed by atoms with Gasteiger partial charge in [0.1, 0.15) is 6.17 Å². The fraction of sp³-hybridized carbons (Fsp3) is 0.333. The van der Waals surface area contributed by atoms with Crippen molar-refractivity contribution < 1.29 is 4.11 Å². The van der Waals surface area contributed by atoms with Crippen molar-refractivity contribution in [2.75, 3.05) is 11.9 Å². The monoisotopic (exact) mass is 191 g/mol. The lowest BCUT2D eigenvalue weighted by molar-refractivity contribution is 0.383. The summed E-state index contributed by atoms with van der Waals surface area (Å²) in [5.41, 5.74) is 2.18. The molecule has 1 aromatic carbocycles. The Morgan fingerprint density at radius 1 is 1.29 bits per heavy atom. The minimum absolute atomic E-state index is 0.191. The van der Waals surface area contributed by atoms with Gasteiger partial charge < -0.3 is 9.80 Å². The SMILES string of the molecule is [2H]C([2H])([2H])N1C=CN(c2ccccc2C)C1C. The van der Waals surface area contributed by atoms with Crippen molar-refractivity contribution in [1.29, 1.82) is 0 Å². The number of rotatable bonds is 1. The van der Waals surface area contributed by atoms with Gasteiger partial charge in [-0.05, 0) is 25.5 Å². The lowest BCUT2D eigenvalue weighted by Gasteiger charge is -2.28. The van der Waals surface area contributed by atoms with E-state index in [4.69, 9.17) is 4.11 Å². The van der Waals surface area contributed by atoms with Gasteiger partial charge in [-0.2, -0.15) is 0 Å². The molecule has 0 fully saturated rings. The molecule has 0 spiro atoms. The minimum atomic E-state index is -2.09. The Labute approximate surface area is 89.7 Å². The van der Waals surface area contributed by atoms with Crippen molar-refractivity contribution >= 4 is 5.69 Å². The number of aryl methyl sites for hydroxylation is 1. The second-order valence-electron chi connectivity index (χ2n) is 3.53. The molecular formula is C12H16N2. The Bertz CT molecular complexity index is 440. The highest BCUT2D eigenvalue weighted by molar-refractivity contribution is 5.56. The summed E-state index contributed by atoms with van der Waals surface area (Å²) in [5.74, 6) is 0. The Morgan fingerprint density at radius 3 is 2.71 bits per heavy atom. The lowest BCUT2D eigenvalue weighted by atomic mass is 10.2. The van der Waals surface area contributed by atoms with Gasteiger partial charge in [0.05, 0.1) is 0 Å². The van der Waals surface area contributed by atoms with Gasteiger partial charge in [0, 0.05) is 29.2 Å². The van der Waals surface area contributed by atoms with Gasteiger partial charge >= 0.3 is 0 Å². The van der Waals surface area contributed by atoms with Crippen molar-refractivity contribution in [3.63, 3.8) is 0 Å². The zero-order valence-corrected chi connectivity index (χ0v) is 8.44. The molecule has 1 aliphatic heterocycles. The summed E-state index contributed by atoms with van der Waals surface area (Å²) in [5, 5.41) is 0. The first-order valence-electron chi connectivity index (χ1n) is 6.22. The Balaban J connectivity index is 2.28. The van der Waals surface area contributed by atoms with Crippen LogP contribution in [-0.2, 0) is 0 Å². The zero-order valence-electron chi connectivity index (χ0n) is 11.4. The summed E-state index contributed by atoms with van der Waals surface area (Å²) in [6.45, 7) is 1.82. The van der Waals surface area contributed by atoms with E-state index >= 15 is 0 Å². The van der Waals surface area contributed by atoms with Crippen LogP contribution in [0.5, 0.6) is 0 Å². The summed E-state index contributed by atoms with van der Waals surface area (Å²) in [7, 11) is 0. The third-order valence-corrected chi connectivity index (χ3v) is 2.59. The third-order valence-electron chi connectivity index (χ3n) is 2.59. The van der Waals surface area contributed by atoms with E-state index in [0.717, 1.165) is 11.3 Å². The van der Waals surface area contributed by atoms with E-state index in [-0.39, 0.29) is 6.17 Å². The molecule has 1 heterocycles.